The van der Waals surface area contributed by atoms with Gasteiger partial charge in [-0.25, -0.2) is 18.4 Å². The van der Waals surface area contributed by atoms with Crippen LogP contribution in [-0.4, -0.2) is 34.8 Å². The number of benzene rings is 2. The van der Waals surface area contributed by atoms with Gasteiger partial charge in [0, 0.05) is 5.33 Å². The molecule has 0 radical (unpaired) electrons. The Kier molecular flexibility index (Phi) is 7.71. The predicted octanol–water partition coefficient (Wildman–Crippen LogP) is 4.51. The first-order valence-electron chi connectivity index (χ1n) is 7.50. The summed E-state index contributed by atoms with van der Waals surface area (Å²) in [4.78, 5) is 23.9. The molecule has 8 heteroatoms. The maximum atomic E-state index is 12.9. The number of rotatable bonds is 7. The van der Waals surface area contributed by atoms with Crippen molar-refractivity contribution in [1.82, 2.24) is 0 Å². The molecule has 0 bridgehead atoms. The number of hydrogen-bond acceptors (Lipinski definition) is 4. The van der Waals surface area contributed by atoms with E-state index in [0.717, 1.165) is 24.3 Å². The van der Waals surface area contributed by atoms with Crippen LogP contribution in [0.25, 0.3) is 0 Å². The summed E-state index contributed by atoms with van der Waals surface area (Å²) in [6, 6.07) is 9.79. The van der Waals surface area contributed by atoms with Crippen molar-refractivity contribution in [3.63, 3.8) is 0 Å². The second-order valence-corrected chi connectivity index (χ2v) is 7.05. The molecule has 2 aromatic carbocycles. The number of carbonyl (C=O) groups is 2. The minimum atomic E-state index is -0.781. The molecule has 4 nitrogen and oxygen atoms in total. The summed E-state index contributed by atoms with van der Waals surface area (Å²) in [6.07, 6.45) is -0.781. The summed E-state index contributed by atoms with van der Waals surface area (Å²) in [5.41, 5.74) is 0.357. The fourth-order valence-electron chi connectivity index (χ4n) is 1.93. The Labute approximate surface area is 165 Å². The third kappa shape index (κ3) is 5.88. The molecule has 0 aliphatic heterocycles. The van der Waals surface area contributed by atoms with Crippen molar-refractivity contribution >= 4 is 43.8 Å². The quantitative estimate of drug-likeness (QED) is 0.422. The highest BCUT2D eigenvalue weighted by molar-refractivity contribution is 9.12. The van der Waals surface area contributed by atoms with Crippen LogP contribution in [0.15, 0.2) is 48.5 Å². The number of halogens is 4. The molecule has 0 amide bonds. The lowest BCUT2D eigenvalue weighted by Gasteiger charge is -2.21. The molecule has 1 unspecified atom stereocenters. The highest BCUT2D eigenvalue weighted by Gasteiger charge is 2.25. The summed E-state index contributed by atoms with van der Waals surface area (Å²) in [7, 11) is 0. The number of hydrogen-bond donors (Lipinski definition) is 0. The summed E-state index contributed by atoms with van der Waals surface area (Å²) in [6.45, 7) is -0.204. The molecule has 0 heterocycles. The van der Waals surface area contributed by atoms with Crippen LogP contribution in [0.4, 0.5) is 8.78 Å². The first kappa shape index (κ1) is 20.5. The highest BCUT2D eigenvalue weighted by Crippen LogP contribution is 2.17. The Morgan fingerprint density at radius 3 is 1.81 bits per heavy atom. The van der Waals surface area contributed by atoms with Crippen LogP contribution in [0.3, 0.4) is 0 Å². The van der Waals surface area contributed by atoms with E-state index in [1.54, 1.807) is 0 Å². The Bertz CT molecular complexity index is 751. The fourth-order valence-corrected chi connectivity index (χ4v) is 2.61. The maximum absolute atomic E-state index is 12.9. The SMILES string of the molecule is O=C(OC[C@@H](OC(=O)c1ccc(F)cc1)C(Br)CBr)c1ccc(F)cc1. The molecular formula is C18H14Br2F2O4. The third-order valence-electron chi connectivity index (χ3n) is 3.35. The molecule has 138 valence electrons. The largest absolute Gasteiger partial charge is 0.458 e. The molecule has 2 rings (SSSR count). The lowest BCUT2D eigenvalue weighted by Crippen LogP contribution is -2.34. The zero-order valence-electron chi connectivity index (χ0n) is 13.3. The fraction of sp³-hybridized carbons (Fsp3) is 0.222. The van der Waals surface area contributed by atoms with Crippen molar-refractivity contribution in [3.8, 4) is 0 Å². The van der Waals surface area contributed by atoms with Crippen LogP contribution in [0.2, 0.25) is 0 Å². The molecule has 0 fully saturated rings. The Hall–Kier alpha value is -1.80. The van der Waals surface area contributed by atoms with Gasteiger partial charge in [0.05, 0.1) is 16.0 Å². The van der Waals surface area contributed by atoms with E-state index in [9.17, 15) is 18.4 Å². The lowest BCUT2D eigenvalue weighted by atomic mass is 10.2. The number of ether oxygens (including phenoxy) is 2. The van der Waals surface area contributed by atoms with E-state index in [1.165, 1.54) is 24.3 Å². The van der Waals surface area contributed by atoms with E-state index < -0.39 is 29.7 Å². The van der Waals surface area contributed by atoms with Crippen LogP contribution in [0.1, 0.15) is 20.7 Å². The van der Waals surface area contributed by atoms with Gasteiger partial charge in [-0.05, 0) is 48.5 Å². The van der Waals surface area contributed by atoms with Gasteiger partial charge >= 0.3 is 11.9 Å². The van der Waals surface area contributed by atoms with Crippen LogP contribution < -0.4 is 0 Å². The van der Waals surface area contributed by atoms with E-state index in [-0.39, 0.29) is 22.6 Å². The molecule has 0 aromatic heterocycles. The average Bonchev–Trinajstić information content (AvgIpc) is 2.65. The number of alkyl halides is 2. The van der Waals surface area contributed by atoms with E-state index in [2.05, 4.69) is 31.9 Å². The van der Waals surface area contributed by atoms with Crippen LogP contribution in [0, 0.1) is 11.6 Å². The summed E-state index contributed by atoms with van der Waals surface area (Å²) < 4.78 is 36.4. The van der Waals surface area contributed by atoms with Crippen molar-refractivity contribution < 1.29 is 27.8 Å². The Morgan fingerprint density at radius 2 is 1.35 bits per heavy atom. The topological polar surface area (TPSA) is 52.6 Å². The Morgan fingerprint density at radius 1 is 0.885 bits per heavy atom. The first-order valence-corrected chi connectivity index (χ1v) is 9.53. The second kappa shape index (κ2) is 9.78. The standard InChI is InChI=1S/C18H14Br2F2O4/c19-9-15(20)16(26-18(24)12-3-7-14(22)8-4-12)10-25-17(23)11-1-5-13(21)6-2-11/h1-8,15-16H,9-10H2/t15?,16-/m1/s1. The zero-order chi connectivity index (χ0) is 19.1. The van der Waals surface area contributed by atoms with E-state index >= 15 is 0 Å². The maximum Gasteiger partial charge on any atom is 0.338 e. The molecule has 2 atom stereocenters. The van der Waals surface area contributed by atoms with Crippen molar-refractivity contribution in [2.75, 3.05) is 11.9 Å². The molecule has 2 aromatic rings. The van der Waals surface area contributed by atoms with Gasteiger partial charge in [-0.2, -0.15) is 0 Å². The molecule has 0 saturated carbocycles. The smallest absolute Gasteiger partial charge is 0.338 e. The summed E-state index contributed by atoms with van der Waals surface area (Å²) >= 11 is 6.61. The lowest BCUT2D eigenvalue weighted by molar-refractivity contribution is 0.000889. The molecule has 0 saturated heterocycles. The van der Waals surface area contributed by atoms with Gasteiger partial charge in [-0.1, -0.05) is 31.9 Å². The molecule has 26 heavy (non-hydrogen) atoms. The van der Waals surface area contributed by atoms with E-state index in [4.69, 9.17) is 9.47 Å². The van der Waals surface area contributed by atoms with Gasteiger partial charge in [0.25, 0.3) is 0 Å². The van der Waals surface area contributed by atoms with Gasteiger partial charge in [0.15, 0.2) is 0 Å². The van der Waals surface area contributed by atoms with Crippen LogP contribution in [0.5, 0.6) is 0 Å². The molecule has 0 spiro atoms. The van der Waals surface area contributed by atoms with Gasteiger partial charge in [-0.3, -0.25) is 0 Å². The van der Waals surface area contributed by atoms with E-state index in [1.807, 2.05) is 0 Å². The average molecular weight is 492 g/mol. The van der Waals surface area contributed by atoms with Crippen molar-refractivity contribution in [2.24, 2.45) is 0 Å². The number of carbonyl (C=O) groups excluding carboxylic acids is 2. The molecular weight excluding hydrogens is 478 g/mol. The molecule has 0 aliphatic carbocycles. The van der Waals surface area contributed by atoms with Crippen molar-refractivity contribution in [2.45, 2.75) is 10.9 Å². The minimum absolute atomic E-state index is 0.176. The molecule has 0 N–H and O–H groups in total. The van der Waals surface area contributed by atoms with E-state index in [0.29, 0.717) is 5.33 Å². The second-order valence-electron chi connectivity index (χ2n) is 5.23. The number of esters is 2. The first-order chi connectivity index (χ1) is 12.4. The van der Waals surface area contributed by atoms with Crippen LogP contribution >= 0.6 is 31.9 Å². The third-order valence-corrected chi connectivity index (χ3v) is 5.83. The highest BCUT2D eigenvalue weighted by atomic mass is 79.9. The Balaban J connectivity index is 2.00. The van der Waals surface area contributed by atoms with Gasteiger partial charge in [0.1, 0.15) is 24.3 Å². The van der Waals surface area contributed by atoms with Crippen LogP contribution in [-0.2, 0) is 9.47 Å². The summed E-state index contributed by atoms with van der Waals surface area (Å²) in [5.74, 6) is -2.27. The van der Waals surface area contributed by atoms with Gasteiger partial charge in [0.2, 0.25) is 0 Å². The predicted molar refractivity (Wildman–Crippen MR) is 98.8 cm³/mol. The van der Waals surface area contributed by atoms with Gasteiger partial charge in [-0.15, -0.1) is 0 Å². The zero-order valence-corrected chi connectivity index (χ0v) is 16.5. The summed E-state index contributed by atoms with van der Waals surface area (Å²) in [5, 5.41) is 0.433. The van der Waals surface area contributed by atoms with Gasteiger partial charge < -0.3 is 9.47 Å². The monoisotopic (exact) mass is 490 g/mol. The van der Waals surface area contributed by atoms with Crippen molar-refractivity contribution in [3.05, 3.63) is 71.3 Å². The minimum Gasteiger partial charge on any atom is -0.458 e. The normalized spacial score (nSPS) is 12.9. The van der Waals surface area contributed by atoms with Crippen molar-refractivity contribution in [1.29, 1.82) is 0 Å². The molecule has 0 aliphatic rings.